The van der Waals surface area contributed by atoms with E-state index in [0.29, 0.717) is 0 Å². The highest BCUT2D eigenvalue weighted by Crippen LogP contribution is 2.46. The van der Waals surface area contributed by atoms with E-state index in [1.807, 2.05) is 0 Å². The predicted octanol–water partition coefficient (Wildman–Crippen LogP) is 2.36. The summed E-state index contributed by atoms with van der Waals surface area (Å²) in [5.41, 5.74) is 2.77. The number of likely N-dealkylation sites (tertiary alicyclic amines) is 1. The lowest BCUT2D eigenvalue weighted by atomic mass is 9.72. The number of aliphatic hydroxyl groups is 1. The number of hydrogen-bond acceptors (Lipinski definition) is 3. The van der Waals surface area contributed by atoms with Crippen molar-refractivity contribution < 1.29 is 9.84 Å². The van der Waals surface area contributed by atoms with Gasteiger partial charge >= 0.3 is 0 Å². The van der Waals surface area contributed by atoms with Gasteiger partial charge in [-0.15, -0.1) is 0 Å². The fourth-order valence-corrected chi connectivity index (χ4v) is 3.99. The van der Waals surface area contributed by atoms with Gasteiger partial charge in [-0.05, 0) is 49.9 Å². The van der Waals surface area contributed by atoms with Crippen molar-refractivity contribution in [2.75, 3.05) is 32.8 Å². The van der Waals surface area contributed by atoms with Crippen molar-refractivity contribution >= 4 is 0 Å². The number of rotatable bonds is 5. The van der Waals surface area contributed by atoms with Gasteiger partial charge in [-0.25, -0.2) is 0 Å². The molecule has 1 unspecified atom stereocenters. The molecule has 1 aromatic carbocycles. The molecule has 1 spiro atoms. The molecule has 0 aromatic heterocycles. The predicted molar refractivity (Wildman–Crippen MR) is 84.6 cm³/mol. The third-order valence-electron chi connectivity index (χ3n) is 5.25. The topological polar surface area (TPSA) is 32.7 Å². The van der Waals surface area contributed by atoms with Gasteiger partial charge < -0.3 is 14.7 Å². The van der Waals surface area contributed by atoms with Crippen molar-refractivity contribution in [3.63, 3.8) is 0 Å². The Bertz CT molecular complexity index is 466. The normalized spacial score (nSPS) is 24.4. The van der Waals surface area contributed by atoms with Crippen LogP contribution in [-0.2, 0) is 16.6 Å². The Kier molecular flexibility index (Phi) is 4.63. The molecule has 3 rings (SSSR count). The maximum atomic E-state index is 10.6. The minimum Gasteiger partial charge on any atom is -0.392 e. The number of nitrogens with zero attached hydrogens (tertiary/aromatic N) is 1. The summed E-state index contributed by atoms with van der Waals surface area (Å²) < 4.78 is 5.59. The molecule has 1 aliphatic heterocycles. The summed E-state index contributed by atoms with van der Waals surface area (Å²) in [6, 6.07) is 8.61. The molecule has 1 fully saturated rings. The summed E-state index contributed by atoms with van der Waals surface area (Å²) in [6.07, 6.45) is 3.85. The maximum absolute atomic E-state index is 10.6. The van der Waals surface area contributed by atoms with Crippen LogP contribution in [-0.4, -0.2) is 49.0 Å². The molecule has 1 atom stereocenters. The molecular formula is C18H27NO2. The van der Waals surface area contributed by atoms with Crippen molar-refractivity contribution in [1.82, 2.24) is 4.90 Å². The SMILES string of the molecule is CCCOCCN1CCC2(CC1)c1ccccc1CC2O. The first-order valence-corrected chi connectivity index (χ1v) is 8.33. The molecule has 0 amide bonds. The summed E-state index contributed by atoms with van der Waals surface area (Å²) in [4.78, 5) is 2.48. The van der Waals surface area contributed by atoms with E-state index in [1.54, 1.807) is 0 Å². The smallest absolute Gasteiger partial charge is 0.0678 e. The molecular weight excluding hydrogens is 262 g/mol. The number of hydrogen-bond donors (Lipinski definition) is 1. The summed E-state index contributed by atoms with van der Waals surface area (Å²) in [7, 11) is 0. The van der Waals surface area contributed by atoms with Crippen molar-refractivity contribution in [1.29, 1.82) is 0 Å². The van der Waals surface area contributed by atoms with Crippen LogP contribution in [0.1, 0.15) is 37.3 Å². The van der Waals surface area contributed by atoms with Crippen LogP contribution in [0.4, 0.5) is 0 Å². The van der Waals surface area contributed by atoms with E-state index < -0.39 is 0 Å². The van der Waals surface area contributed by atoms with Crippen molar-refractivity contribution in [3.05, 3.63) is 35.4 Å². The molecule has 21 heavy (non-hydrogen) atoms. The van der Waals surface area contributed by atoms with Crippen LogP contribution < -0.4 is 0 Å². The van der Waals surface area contributed by atoms with Crippen LogP contribution in [0.3, 0.4) is 0 Å². The highest BCUT2D eigenvalue weighted by molar-refractivity contribution is 5.42. The minimum absolute atomic E-state index is 0.0113. The lowest BCUT2D eigenvalue weighted by Crippen LogP contribution is -2.48. The molecule has 1 N–H and O–H groups in total. The van der Waals surface area contributed by atoms with E-state index in [-0.39, 0.29) is 11.5 Å². The quantitative estimate of drug-likeness (QED) is 0.845. The Balaban J connectivity index is 1.60. The third-order valence-corrected chi connectivity index (χ3v) is 5.25. The van der Waals surface area contributed by atoms with E-state index in [4.69, 9.17) is 4.74 Å². The minimum atomic E-state index is -0.201. The highest BCUT2D eigenvalue weighted by atomic mass is 16.5. The van der Waals surface area contributed by atoms with Crippen molar-refractivity contribution in [2.45, 2.75) is 44.1 Å². The third kappa shape index (κ3) is 2.87. The summed E-state index contributed by atoms with van der Waals surface area (Å²) in [5.74, 6) is 0. The van der Waals surface area contributed by atoms with Gasteiger partial charge in [-0.3, -0.25) is 0 Å². The maximum Gasteiger partial charge on any atom is 0.0678 e. The van der Waals surface area contributed by atoms with Crippen LogP contribution in [0.2, 0.25) is 0 Å². The zero-order valence-corrected chi connectivity index (χ0v) is 13.1. The van der Waals surface area contributed by atoms with E-state index in [0.717, 1.165) is 58.5 Å². The molecule has 2 aliphatic rings. The van der Waals surface area contributed by atoms with Gasteiger partial charge in [0, 0.05) is 18.6 Å². The Hall–Kier alpha value is -0.900. The first-order chi connectivity index (χ1) is 10.3. The zero-order chi connectivity index (χ0) is 14.7. The Labute approximate surface area is 127 Å². The molecule has 1 heterocycles. The Morgan fingerprint density at radius 1 is 1.24 bits per heavy atom. The summed E-state index contributed by atoms with van der Waals surface area (Å²) >= 11 is 0. The second-order valence-electron chi connectivity index (χ2n) is 6.49. The van der Waals surface area contributed by atoms with E-state index in [9.17, 15) is 5.11 Å². The highest BCUT2D eigenvalue weighted by Gasteiger charge is 2.47. The van der Waals surface area contributed by atoms with E-state index in [2.05, 4.69) is 36.1 Å². The monoisotopic (exact) mass is 289 g/mol. The van der Waals surface area contributed by atoms with Gasteiger partial charge in [0.2, 0.25) is 0 Å². The summed E-state index contributed by atoms with van der Waals surface area (Å²) in [5, 5.41) is 10.6. The fraction of sp³-hybridized carbons (Fsp3) is 0.667. The number of benzene rings is 1. The molecule has 1 aromatic rings. The molecule has 1 aliphatic carbocycles. The van der Waals surface area contributed by atoms with Gasteiger partial charge in [0.15, 0.2) is 0 Å². The number of fused-ring (bicyclic) bond motifs is 2. The second kappa shape index (κ2) is 6.47. The molecule has 3 heteroatoms. The summed E-state index contributed by atoms with van der Waals surface area (Å²) in [6.45, 7) is 7.00. The van der Waals surface area contributed by atoms with E-state index >= 15 is 0 Å². The van der Waals surface area contributed by atoms with Gasteiger partial charge in [-0.1, -0.05) is 31.2 Å². The molecule has 0 bridgehead atoms. The van der Waals surface area contributed by atoms with E-state index in [1.165, 1.54) is 11.1 Å². The fourth-order valence-electron chi connectivity index (χ4n) is 3.99. The van der Waals surface area contributed by atoms with Crippen molar-refractivity contribution in [3.8, 4) is 0 Å². The Morgan fingerprint density at radius 3 is 2.76 bits per heavy atom. The first kappa shape index (κ1) is 15.0. The van der Waals surface area contributed by atoms with Gasteiger partial charge in [0.1, 0.15) is 0 Å². The van der Waals surface area contributed by atoms with Gasteiger partial charge in [0.25, 0.3) is 0 Å². The number of aliphatic hydroxyl groups excluding tert-OH is 1. The van der Waals surface area contributed by atoms with Gasteiger partial charge in [0.05, 0.1) is 12.7 Å². The van der Waals surface area contributed by atoms with Crippen molar-refractivity contribution in [2.24, 2.45) is 0 Å². The Morgan fingerprint density at radius 2 is 2.00 bits per heavy atom. The lowest BCUT2D eigenvalue weighted by molar-refractivity contribution is 0.0315. The van der Waals surface area contributed by atoms with Crippen LogP contribution >= 0.6 is 0 Å². The van der Waals surface area contributed by atoms with Gasteiger partial charge in [-0.2, -0.15) is 0 Å². The average Bonchev–Trinajstić information content (AvgIpc) is 2.78. The largest absolute Gasteiger partial charge is 0.392 e. The first-order valence-electron chi connectivity index (χ1n) is 8.33. The van der Waals surface area contributed by atoms with Crippen LogP contribution in [0.25, 0.3) is 0 Å². The molecule has 3 nitrogen and oxygen atoms in total. The standard InChI is InChI=1S/C18H27NO2/c1-2-12-21-13-11-19-9-7-18(8-10-19)16-6-4-3-5-15(16)14-17(18)20/h3-6,17,20H,2,7-14H2,1H3. The molecule has 1 saturated heterocycles. The lowest BCUT2D eigenvalue weighted by Gasteiger charge is -2.42. The number of piperidine rings is 1. The van der Waals surface area contributed by atoms with Crippen LogP contribution in [0, 0.1) is 0 Å². The van der Waals surface area contributed by atoms with Crippen LogP contribution in [0.15, 0.2) is 24.3 Å². The molecule has 0 saturated carbocycles. The molecule has 0 radical (unpaired) electrons. The number of ether oxygens (including phenoxy) is 1. The zero-order valence-electron chi connectivity index (χ0n) is 13.1. The van der Waals surface area contributed by atoms with Crippen LogP contribution in [0.5, 0.6) is 0 Å². The second-order valence-corrected chi connectivity index (χ2v) is 6.49. The average molecular weight is 289 g/mol. The molecule has 116 valence electrons.